The Morgan fingerprint density at radius 1 is 0.233 bits per heavy atom. The molecule has 0 aliphatic carbocycles. The second-order valence-corrected chi connectivity index (χ2v) is 19.0. The van der Waals surface area contributed by atoms with Gasteiger partial charge in [0, 0.05) is 0 Å². The van der Waals surface area contributed by atoms with E-state index in [9.17, 15) is 0 Å². The molecule has 0 bridgehead atoms. The molecule has 300 valence electrons. The van der Waals surface area contributed by atoms with Crippen LogP contribution in [0.3, 0.4) is 0 Å². The van der Waals surface area contributed by atoms with Crippen LogP contribution in [-0.4, -0.2) is 0 Å². The molecule has 0 unspecified atom stereocenters. The Kier molecular flexibility index (Phi) is 14.7. The van der Waals surface area contributed by atoms with Crippen molar-refractivity contribution < 1.29 is 27.1 Å². The summed E-state index contributed by atoms with van der Waals surface area (Å²) in [6.07, 6.45) is 19.8. The van der Waals surface area contributed by atoms with E-state index in [0.717, 1.165) is 33.4 Å². The number of benzene rings is 6. The number of hydrogen-bond donors (Lipinski definition) is 0. The summed E-state index contributed by atoms with van der Waals surface area (Å²) in [5.41, 5.74) is 5.29. The molecule has 0 atom stereocenters. The molecule has 1 aliphatic rings. The molecule has 0 radical (unpaired) electrons. The molecule has 6 aromatic carbocycles. The summed E-state index contributed by atoms with van der Waals surface area (Å²) in [4.78, 5) is 0. The molecule has 60 heavy (non-hydrogen) atoms. The van der Waals surface area contributed by atoms with Gasteiger partial charge in [-0.15, -0.1) is 0 Å². The van der Waals surface area contributed by atoms with Crippen LogP contribution in [0, 0.1) is 0 Å². The number of hydrogen-bond acceptors (Lipinski definition) is 9. The third-order valence-electron chi connectivity index (χ3n) is 8.23. The van der Waals surface area contributed by atoms with Crippen molar-refractivity contribution in [3.63, 3.8) is 0 Å². The Balaban J connectivity index is 1.43. The minimum absolute atomic E-state index is 0.882. The second kappa shape index (κ2) is 21.3. The molecule has 0 N–H and O–H groups in total. The Hall–Kier alpha value is -6.75. The van der Waals surface area contributed by atoms with Gasteiger partial charge in [0.15, 0.2) is 0 Å². The van der Waals surface area contributed by atoms with E-state index in [1.54, 1.807) is 36.5 Å². The third kappa shape index (κ3) is 12.6. The van der Waals surface area contributed by atoms with Crippen LogP contribution in [0.4, 0.5) is 0 Å². The first-order valence-corrected chi connectivity index (χ1v) is 23.5. The van der Waals surface area contributed by atoms with E-state index in [2.05, 4.69) is 0 Å². The molecule has 0 amide bonds. The fourth-order valence-corrected chi connectivity index (χ4v) is 13.6. The van der Waals surface area contributed by atoms with Crippen LogP contribution in [-0.2, 0) is 27.1 Å². The average Bonchev–Trinajstić information content (AvgIpc) is 3.29. The molecule has 1 aliphatic heterocycles. The van der Waals surface area contributed by atoms with Crippen molar-refractivity contribution in [2.45, 2.75) is 0 Å². The topological polar surface area (TPSA) is 92.5 Å². The lowest BCUT2D eigenvalue weighted by Gasteiger charge is -2.30. The van der Waals surface area contributed by atoms with E-state index in [4.69, 9.17) is 40.7 Å². The second-order valence-electron chi connectivity index (χ2n) is 12.7. The fourth-order valence-electron chi connectivity index (χ4n) is 5.32. The van der Waals surface area contributed by atoms with Gasteiger partial charge < -0.3 is 27.1 Å². The van der Waals surface area contributed by atoms with E-state index in [1.807, 2.05) is 182 Å². The predicted octanol–water partition coefficient (Wildman–Crippen LogP) is 16.0. The van der Waals surface area contributed by atoms with E-state index in [0.29, 0.717) is 0 Å². The van der Waals surface area contributed by atoms with Crippen LogP contribution in [0.1, 0.15) is 33.4 Å². The van der Waals surface area contributed by atoms with E-state index in [-0.39, 0.29) is 0 Å². The smallest absolute Gasteiger partial charge is 0.421 e. The summed E-state index contributed by atoms with van der Waals surface area (Å²) in [5, 5.41) is 0. The molecule has 0 spiro atoms. The quantitative estimate of drug-likeness (QED) is 0.0632. The maximum Gasteiger partial charge on any atom is 0.459 e. The minimum Gasteiger partial charge on any atom is -0.421 e. The summed E-state index contributed by atoms with van der Waals surface area (Å²) >= 11 is 0. The first-order chi connectivity index (χ1) is 29.6. The lowest BCUT2D eigenvalue weighted by atomic mass is 10.2. The highest BCUT2D eigenvalue weighted by Gasteiger charge is 2.46. The largest absolute Gasteiger partial charge is 0.459 e. The van der Waals surface area contributed by atoms with Crippen molar-refractivity contribution in [1.29, 1.82) is 0 Å². The normalized spacial score (nSPS) is 20.2. The monoisotopic (exact) mass is 849 g/mol. The zero-order valence-electron chi connectivity index (χ0n) is 32.4. The molecule has 0 fully saturated rings. The molecular formula is C48H42N3O6P3. The molecule has 0 aromatic heterocycles. The number of rotatable bonds is 18. The lowest BCUT2D eigenvalue weighted by molar-refractivity contribution is 0.367. The first kappa shape index (κ1) is 41.4. The van der Waals surface area contributed by atoms with Crippen LogP contribution < -0.4 is 0 Å². The Morgan fingerprint density at radius 3 is 0.533 bits per heavy atom. The molecule has 7 rings (SSSR count). The highest BCUT2D eigenvalue weighted by Crippen LogP contribution is 2.81. The Labute approximate surface area is 351 Å². The number of nitrogens with zero attached hydrogens (tertiary/aromatic N) is 3. The van der Waals surface area contributed by atoms with Crippen LogP contribution in [0.2, 0.25) is 0 Å². The summed E-state index contributed by atoms with van der Waals surface area (Å²) in [6, 6.07) is 58.3. The van der Waals surface area contributed by atoms with Gasteiger partial charge in [-0.1, -0.05) is 196 Å². The fraction of sp³-hybridized carbons (Fsp3) is 0. The Bertz CT molecular complexity index is 2140. The third-order valence-corrected chi connectivity index (χ3v) is 16.0. The first-order valence-electron chi connectivity index (χ1n) is 18.9. The van der Waals surface area contributed by atoms with Gasteiger partial charge in [-0.2, -0.15) is 0 Å². The van der Waals surface area contributed by atoms with Crippen molar-refractivity contribution in [3.8, 4) is 0 Å². The maximum absolute atomic E-state index is 6.58. The standard InChI is InChI=1S/C48H42N3O6P3/c1-7-19-43(20-8-1)31-37-52-58(53-38-32-44-21-9-2-10-22-44)49-59(54-39-33-45-23-11-3-12-24-45,55-40-34-46-25-13-4-14-26-46)51-60(50-58,56-41-35-47-27-15-5-16-28-47)57-42-36-48-29-17-6-18-30-48/h1-42H. The van der Waals surface area contributed by atoms with Crippen molar-refractivity contribution in [1.82, 2.24) is 0 Å². The van der Waals surface area contributed by atoms with Crippen LogP contribution in [0.25, 0.3) is 36.5 Å². The van der Waals surface area contributed by atoms with Gasteiger partial charge in [0.2, 0.25) is 0 Å². The van der Waals surface area contributed by atoms with Gasteiger partial charge >= 0.3 is 23.0 Å². The van der Waals surface area contributed by atoms with Gasteiger partial charge in [0.1, 0.15) is 0 Å². The molecule has 9 nitrogen and oxygen atoms in total. The molecule has 12 heteroatoms. The van der Waals surface area contributed by atoms with Crippen LogP contribution in [0.5, 0.6) is 0 Å². The van der Waals surface area contributed by atoms with Gasteiger partial charge in [0.05, 0.1) is 37.6 Å². The van der Waals surface area contributed by atoms with Gasteiger partial charge in [-0.25, -0.2) is 0 Å². The SMILES string of the molecule is C(=Cc1ccccc1)OP1(OC=Cc2ccccc2)=NP(OC=Cc2ccccc2)(OC=Cc2ccccc2)=NP(OC=Cc2ccccc2)(OC=Cc2ccccc2)=N1. The van der Waals surface area contributed by atoms with Crippen LogP contribution in [0.15, 0.2) is 233 Å². The van der Waals surface area contributed by atoms with Crippen molar-refractivity contribution in [2.24, 2.45) is 13.5 Å². The summed E-state index contributed by atoms with van der Waals surface area (Å²) in [7, 11) is -11.7. The zero-order valence-corrected chi connectivity index (χ0v) is 35.1. The lowest BCUT2D eigenvalue weighted by Crippen LogP contribution is -1.97. The van der Waals surface area contributed by atoms with Crippen molar-refractivity contribution in [3.05, 3.63) is 253 Å². The highest BCUT2D eigenvalue weighted by molar-refractivity contribution is 7.78. The van der Waals surface area contributed by atoms with Gasteiger partial charge in [0.25, 0.3) is 0 Å². The molecule has 0 saturated carbocycles. The molecular weight excluding hydrogens is 807 g/mol. The summed E-state index contributed by atoms with van der Waals surface area (Å²) in [6.45, 7) is 0. The molecule has 0 saturated heterocycles. The zero-order chi connectivity index (χ0) is 41.0. The van der Waals surface area contributed by atoms with Crippen molar-refractivity contribution in [2.75, 3.05) is 0 Å². The highest BCUT2D eigenvalue weighted by atomic mass is 31.3. The van der Waals surface area contributed by atoms with Gasteiger partial charge in [-0.3, -0.25) is 0 Å². The summed E-state index contributed by atoms with van der Waals surface area (Å²) in [5.74, 6) is 0. The minimum atomic E-state index is -3.91. The summed E-state index contributed by atoms with van der Waals surface area (Å²) < 4.78 is 54.8. The molecule has 1 heterocycles. The Morgan fingerprint density at radius 2 is 0.383 bits per heavy atom. The van der Waals surface area contributed by atoms with Crippen LogP contribution >= 0.6 is 23.0 Å². The average molecular weight is 850 g/mol. The molecule has 6 aromatic rings. The van der Waals surface area contributed by atoms with E-state index < -0.39 is 23.0 Å². The maximum atomic E-state index is 6.58. The van der Waals surface area contributed by atoms with Gasteiger partial charge in [-0.05, 0) is 69.8 Å². The van der Waals surface area contributed by atoms with E-state index in [1.165, 1.54) is 37.6 Å². The van der Waals surface area contributed by atoms with Crippen molar-refractivity contribution >= 4 is 59.4 Å². The van der Waals surface area contributed by atoms with E-state index >= 15 is 0 Å². The predicted molar refractivity (Wildman–Crippen MR) is 247 cm³/mol.